The average Bonchev–Trinajstić information content (AvgIpc) is 2.21. The molecule has 0 rings (SSSR count). The molecule has 16 heavy (non-hydrogen) atoms. The first kappa shape index (κ1) is 14.9. The lowest BCUT2D eigenvalue weighted by Crippen LogP contribution is -2.50. The highest BCUT2D eigenvalue weighted by atomic mass is 16.5. The van der Waals surface area contributed by atoms with Gasteiger partial charge in [-0.1, -0.05) is 20.8 Å². The first-order chi connectivity index (χ1) is 7.20. The summed E-state index contributed by atoms with van der Waals surface area (Å²) >= 11 is 0. The molecule has 0 spiro atoms. The Bertz CT molecular complexity index is 260. The number of carbonyl (C=O) groups is 2. The maximum absolute atomic E-state index is 11.5. The summed E-state index contributed by atoms with van der Waals surface area (Å²) in [7, 11) is 1.16. The second-order valence-electron chi connectivity index (χ2n) is 4.63. The highest BCUT2D eigenvalue weighted by Crippen LogP contribution is 2.16. The number of nitrogens with two attached hydrogens (primary N) is 1. The maximum atomic E-state index is 11.5. The van der Waals surface area contributed by atoms with Gasteiger partial charge in [0.2, 0.25) is 5.91 Å². The van der Waals surface area contributed by atoms with E-state index in [0.29, 0.717) is 0 Å². The third-order valence-electron chi connectivity index (χ3n) is 2.16. The molecule has 0 aromatic carbocycles. The molecule has 0 heterocycles. The van der Waals surface area contributed by atoms with Crippen LogP contribution in [0.4, 0.5) is 0 Å². The number of nitrogens with one attached hydrogen (secondary N) is 1. The van der Waals surface area contributed by atoms with Crippen LogP contribution in [-0.4, -0.2) is 42.8 Å². The van der Waals surface area contributed by atoms with Crippen LogP contribution in [0.5, 0.6) is 0 Å². The number of rotatable bonds is 4. The van der Waals surface area contributed by atoms with E-state index < -0.39 is 24.0 Å². The van der Waals surface area contributed by atoms with Crippen LogP contribution in [0.3, 0.4) is 0 Å². The molecule has 0 bridgehead atoms. The van der Waals surface area contributed by atoms with Crippen molar-refractivity contribution in [3.63, 3.8) is 0 Å². The molecule has 0 aliphatic heterocycles. The van der Waals surface area contributed by atoms with Crippen molar-refractivity contribution >= 4 is 11.9 Å². The SMILES string of the molecule is COC(=O)C(O)CNC(=O)C(N)C(C)(C)C. The predicted molar refractivity (Wildman–Crippen MR) is 58.5 cm³/mol. The summed E-state index contributed by atoms with van der Waals surface area (Å²) in [4.78, 5) is 22.3. The standard InChI is InChI=1S/C10H20N2O4/c1-10(2,3)7(11)8(14)12-5-6(13)9(15)16-4/h6-7,13H,5,11H2,1-4H3,(H,12,14). The number of methoxy groups -OCH3 is 1. The second-order valence-corrected chi connectivity index (χ2v) is 4.63. The van der Waals surface area contributed by atoms with Crippen molar-refractivity contribution in [2.75, 3.05) is 13.7 Å². The molecule has 0 aliphatic rings. The molecule has 1 amide bonds. The largest absolute Gasteiger partial charge is 0.467 e. The van der Waals surface area contributed by atoms with E-state index in [4.69, 9.17) is 5.73 Å². The number of carbonyl (C=O) groups excluding carboxylic acids is 2. The molecule has 6 heteroatoms. The molecule has 94 valence electrons. The number of amides is 1. The molecule has 2 unspecified atom stereocenters. The van der Waals surface area contributed by atoms with Gasteiger partial charge >= 0.3 is 5.97 Å². The van der Waals surface area contributed by atoms with Crippen LogP contribution in [0.25, 0.3) is 0 Å². The minimum Gasteiger partial charge on any atom is -0.467 e. The molecule has 0 saturated heterocycles. The van der Waals surface area contributed by atoms with Gasteiger partial charge in [0.15, 0.2) is 6.10 Å². The summed E-state index contributed by atoms with van der Waals surface area (Å²) in [5, 5.41) is 11.6. The Morgan fingerprint density at radius 2 is 1.94 bits per heavy atom. The summed E-state index contributed by atoms with van der Waals surface area (Å²) in [6.07, 6.45) is -1.36. The molecule has 0 aromatic heterocycles. The lowest BCUT2D eigenvalue weighted by atomic mass is 9.87. The second kappa shape index (κ2) is 5.81. The van der Waals surface area contributed by atoms with Crippen molar-refractivity contribution in [3.05, 3.63) is 0 Å². The highest BCUT2D eigenvalue weighted by Gasteiger charge is 2.28. The van der Waals surface area contributed by atoms with Gasteiger partial charge in [-0.15, -0.1) is 0 Å². The van der Waals surface area contributed by atoms with Gasteiger partial charge < -0.3 is 20.9 Å². The Morgan fingerprint density at radius 1 is 1.44 bits per heavy atom. The molecular weight excluding hydrogens is 212 g/mol. The van der Waals surface area contributed by atoms with Crippen LogP contribution in [0.2, 0.25) is 0 Å². The van der Waals surface area contributed by atoms with E-state index in [0.717, 1.165) is 7.11 Å². The molecule has 0 saturated carbocycles. The Kier molecular flexibility index (Phi) is 5.40. The Morgan fingerprint density at radius 3 is 2.31 bits per heavy atom. The number of hydrogen-bond donors (Lipinski definition) is 3. The highest BCUT2D eigenvalue weighted by molar-refractivity contribution is 5.83. The number of esters is 1. The fraction of sp³-hybridized carbons (Fsp3) is 0.800. The van der Waals surface area contributed by atoms with E-state index >= 15 is 0 Å². The first-order valence-electron chi connectivity index (χ1n) is 4.99. The van der Waals surface area contributed by atoms with Crippen molar-refractivity contribution in [2.24, 2.45) is 11.1 Å². The number of hydrogen-bond acceptors (Lipinski definition) is 5. The van der Waals surface area contributed by atoms with Gasteiger partial charge in [-0.3, -0.25) is 4.79 Å². The molecule has 2 atom stereocenters. The quantitative estimate of drug-likeness (QED) is 0.540. The summed E-state index contributed by atoms with van der Waals surface area (Å²) in [5.74, 6) is -1.19. The topological polar surface area (TPSA) is 102 Å². The lowest BCUT2D eigenvalue weighted by Gasteiger charge is -2.26. The molecule has 0 radical (unpaired) electrons. The third-order valence-corrected chi connectivity index (χ3v) is 2.16. The predicted octanol–water partition coefficient (Wildman–Crippen LogP) is -0.990. The van der Waals surface area contributed by atoms with E-state index in [1.165, 1.54) is 0 Å². The van der Waals surface area contributed by atoms with Gasteiger partial charge in [0.25, 0.3) is 0 Å². The van der Waals surface area contributed by atoms with Crippen LogP contribution in [-0.2, 0) is 14.3 Å². The lowest BCUT2D eigenvalue weighted by molar-refractivity contribution is -0.150. The molecule has 0 fully saturated rings. The maximum Gasteiger partial charge on any atom is 0.336 e. The van der Waals surface area contributed by atoms with Crippen LogP contribution in [0.15, 0.2) is 0 Å². The van der Waals surface area contributed by atoms with Crippen LogP contribution < -0.4 is 11.1 Å². The van der Waals surface area contributed by atoms with Crippen LogP contribution >= 0.6 is 0 Å². The average molecular weight is 232 g/mol. The summed E-state index contributed by atoms with van der Waals surface area (Å²) in [6, 6.07) is -0.697. The molecule has 4 N–H and O–H groups in total. The van der Waals surface area contributed by atoms with Crippen molar-refractivity contribution in [2.45, 2.75) is 32.9 Å². The molecule has 0 aliphatic carbocycles. The van der Waals surface area contributed by atoms with Crippen molar-refractivity contribution in [1.29, 1.82) is 0 Å². The summed E-state index contributed by atoms with van der Waals surface area (Å²) in [5.41, 5.74) is 5.30. The Labute approximate surface area is 95.1 Å². The Hall–Kier alpha value is -1.14. The monoisotopic (exact) mass is 232 g/mol. The fourth-order valence-corrected chi connectivity index (χ4v) is 0.920. The van der Waals surface area contributed by atoms with Crippen molar-refractivity contribution in [1.82, 2.24) is 5.32 Å². The van der Waals surface area contributed by atoms with E-state index in [-0.39, 0.29) is 12.0 Å². The van der Waals surface area contributed by atoms with Gasteiger partial charge in [0.05, 0.1) is 19.7 Å². The van der Waals surface area contributed by atoms with Crippen molar-refractivity contribution in [3.8, 4) is 0 Å². The minimum atomic E-state index is -1.36. The number of ether oxygens (including phenoxy) is 1. The van der Waals surface area contributed by atoms with Crippen molar-refractivity contribution < 1.29 is 19.4 Å². The molecular formula is C10H20N2O4. The zero-order valence-corrected chi connectivity index (χ0v) is 10.1. The zero-order valence-electron chi connectivity index (χ0n) is 10.1. The van der Waals surface area contributed by atoms with Gasteiger partial charge in [0.1, 0.15) is 0 Å². The van der Waals surface area contributed by atoms with E-state index in [2.05, 4.69) is 10.1 Å². The van der Waals surface area contributed by atoms with E-state index in [1.807, 2.05) is 20.8 Å². The summed E-state index contributed by atoms with van der Waals surface area (Å²) in [6.45, 7) is 5.28. The van der Waals surface area contributed by atoms with E-state index in [1.54, 1.807) is 0 Å². The molecule has 0 aromatic rings. The fourth-order valence-electron chi connectivity index (χ4n) is 0.920. The van der Waals surface area contributed by atoms with Gasteiger partial charge in [-0.2, -0.15) is 0 Å². The summed E-state index contributed by atoms with van der Waals surface area (Å²) < 4.78 is 4.30. The van der Waals surface area contributed by atoms with Crippen LogP contribution in [0.1, 0.15) is 20.8 Å². The Balaban J connectivity index is 4.13. The van der Waals surface area contributed by atoms with Crippen LogP contribution in [0, 0.1) is 5.41 Å². The zero-order chi connectivity index (χ0) is 12.9. The van der Waals surface area contributed by atoms with E-state index in [9.17, 15) is 14.7 Å². The molecule has 6 nitrogen and oxygen atoms in total. The number of aliphatic hydroxyl groups is 1. The van der Waals surface area contributed by atoms with Gasteiger partial charge in [-0.05, 0) is 5.41 Å². The van der Waals surface area contributed by atoms with Gasteiger partial charge in [0, 0.05) is 0 Å². The normalized spacial score (nSPS) is 15.1. The number of aliphatic hydroxyl groups excluding tert-OH is 1. The van der Waals surface area contributed by atoms with Gasteiger partial charge in [-0.25, -0.2) is 4.79 Å². The first-order valence-corrected chi connectivity index (χ1v) is 4.99. The smallest absolute Gasteiger partial charge is 0.336 e. The third kappa shape index (κ3) is 4.59. The minimum absolute atomic E-state index is 0.199.